The SMILES string of the molecule is Brc1cccc(C23CC(C2)C3)c1. The fourth-order valence-corrected chi connectivity index (χ4v) is 3.05. The van der Waals surface area contributed by atoms with E-state index in [0.29, 0.717) is 5.41 Å². The number of halogens is 1. The molecule has 0 aromatic heterocycles. The van der Waals surface area contributed by atoms with E-state index in [1.165, 1.54) is 23.7 Å². The van der Waals surface area contributed by atoms with Crippen molar-refractivity contribution in [2.45, 2.75) is 24.7 Å². The fraction of sp³-hybridized carbons (Fsp3) is 0.455. The molecule has 2 bridgehead atoms. The summed E-state index contributed by atoms with van der Waals surface area (Å²) in [5.74, 6) is 1.07. The van der Waals surface area contributed by atoms with E-state index < -0.39 is 0 Å². The largest absolute Gasteiger partial charge is 0.0609 e. The van der Waals surface area contributed by atoms with Crippen LogP contribution < -0.4 is 0 Å². The summed E-state index contributed by atoms with van der Waals surface area (Å²) in [4.78, 5) is 0. The second kappa shape index (κ2) is 2.14. The van der Waals surface area contributed by atoms with Gasteiger partial charge in [-0.3, -0.25) is 0 Å². The quantitative estimate of drug-likeness (QED) is 0.683. The van der Waals surface area contributed by atoms with E-state index in [1.54, 1.807) is 5.56 Å². The molecule has 1 aromatic rings. The number of rotatable bonds is 1. The third kappa shape index (κ3) is 0.779. The van der Waals surface area contributed by atoms with Gasteiger partial charge in [0.25, 0.3) is 0 Å². The Bertz CT molecular complexity index is 313. The topological polar surface area (TPSA) is 0 Å². The summed E-state index contributed by atoms with van der Waals surface area (Å²) in [5.41, 5.74) is 2.17. The van der Waals surface area contributed by atoms with Crippen molar-refractivity contribution >= 4 is 15.9 Å². The molecule has 0 amide bonds. The van der Waals surface area contributed by atoms with Gasteiger partial charge in [-0.25, -0.2) is 0 Å². The molecule has 0 nitrogen and oxygen atoms in total. The van der Waals surface area contributed by atoms with Crippen LogP contribution in [0.5, 0.6) is 0 Å². The first-order valence-corrected chi connectivity index (χ1v) is 5.34. The van der Waals surface area contributed by atoms with E-state index in [-0.39, 0.29) is 0 Å². The minimum Gasteiger partial charge on any atom is -0.0609 e. The Morgan fingerprint density at radius 3 is 2.50 bits per heavy atom. The van der Waals surface area contributed by atoms with Gasteiger partial charge < -0.3 is 0 Å². The number of hydrogen-bond acceptors (Lipinski definition) is 0. The van der Waals surface area contributed by atoms with Crippen LogP contribution in [0.4, 0.5) is 0 Å². The van der Waals surface area contributed by atoms with Crippen molar-refractivity contribution in [1.82, 2.24) is 0 Å². The maximum absolute atomic E-state index is 3.53. The first-order valence-electron chi connectivity index (χ1n) is 4.55. The molecule has 1 aromatic carbocycles. The van der Waals surface area contributed by atoms with Crippen LogP contribution in [0.15, 0.2) is 28.7 Å². The van der Waals surface area contributed by atoms with E-state index in [1.807, 2.05) is 0 Å². The fourth-order valence-electron chi connectivity index (χ4n) is 2.65. The van der Waals surface area contributed by atoms with Gasteiger partial charge in [-0.2, -0.15) is 0 Å². The minimum atomic E-state index is 0.619. The van der Waals surface area contributed by atoms with Gasteiger partial charge in [-0.05, 0) is 48.3 Å². The van der Waals surface area contributed by atoms with Crippen LogP contribution in [0.1, 0.15) is 24.8 Å². The van der Waals surface area contributed by atoms with E-state index >= 15 is 0 Å². The average Bonchev–Trinajstić information content (AvgIpc) is 1.79. The van der Waals surface area contributed by atoms with Gasteiger partial charge in [0.1, 0.15) is 0 Å². The van der Waals surface area contributed by atoms with E-state index in [0.717, 1.165) is 5.92 Å². The monoisotopic (exact) mass is 222 g/mol. The van der Waals surface area contributed by atoms with Crippen LogP contribution in [0.25, 0.3) is 0 Å². The Morgan fingerprint density at radius 2 is 2.00 bits per heavy atom. The molecule has 0 saturated heterocycles. The number of benzene rings is 1. The zero-order valence-corrected chi connectivity index (χ0v) is 8.47. The first-order chi connectivity index (χ1) is 5.78. The molecule has 12 heavy (non-hydrogen) atoms. The van der Waals surface area contributed by atoms with Gasteiger partial charge in [0, 0.05) is 4.47 Å². The molecular formula is C11H11Br. The Morgan fingerprint density at radius 1 is 1.25 bits per heavy atom. The van der Waals surface area contributed by atoms with Crippen molar-refractivity contribution in [3.05, 3.63) is 34.3 Å². The molecule has 0 aliphatic heterocycles. The van der Waals surface area contributed by atoms with Crippen LogP contribution in [0.2, 0.25) is 0 Å². The van der Waals surface area contributed by atoms with Gasteiger partial charge in [-0.1, -0.05) is 28.1 Å². The smallest absolute Gasteiger partial charge is 0.0178 e. The lowest BCUT2D eigenvalue weighted by molar-refractivity contribution is -0.0274. The van der Waals surface area contributed by atoms with E-state index in [2.05, 4.69) is 40.2 Å². The maximum atomic E-state index is 3.53. The first kappa shape index (κ1) is 7.14. The van der Waals surface area contributed by atoms with E-state index in [4.69, 9.17) is 0 Å². The van der Waals surface area contributed by atoms with Crippen molar-refractivity contribution in [1.29, 1.82) is 0 Å². The molecule has 4 rings (SSSR count). The highest BCUT2D eigenvalue weighted by molar-refractivity contribution is 9.10. The predicted octanol–water partition coefficient (Wildman–Crippen LogP) is 3.50. The van der Waals surface area contributed by atoms with Crippen molar-refractivity contribution in [3.63, 3.8) is 0 Å². The van der Waals surface area contributed by atoms with E-state index in [9.17, 15) is 0 Å². The molecule has 0 radical (unpaired) electrons. The molecule has 0 spiro atoms. The van der Waals surface area contributed by atoms with Gasteiger partial charge in [0.05, 0.1) is 0 Å². The summed E-state index contributed by atoms with van der Waals surface area (Å²) in [6, 6.07) is 8.82. The summed E-state index contributed by atoms with van der Waals surface area (Å²) in [6.45, 7) is 0. The summed E-state index contributed by atoms with van der Waals surface area (Å²) in [6.07, 6.45) is 4.34. The van der Waals surface area contributed by atoms with Crippen LogP contribution in [-0.2, 0) is 5.41 Å². The summed E-state index contributed by atoms with van der Waals surface area (Å²) in [7, 11) is 0. The molecule has 1 heteroatoms. The third-order valence-corrected chi connectivity index (χ3v) is 3.97. The normalized spacial score (nSPS) is 36.9. The second-order valence-corrected chi connectivity index (χ2v) is 5.18. The Kier molecular flexibility index (Phi) is 1.27. The third-order valence-electron chi connectivity index (χ3n) is 3.48. The highest BCUT2D eigenvalue weighted by atomic mass is 79.9. The van der Waals surface area contributed by atoms with Gasteiger partial charge in [0.15, 0.2) is 0 Å². The van der Waals surface area contributed by atoms with Crippen LogP contribution in [-0.4, -0.2) is 0 Å². The second-order valence-electron chi connectivity index (χ2n) is 4.27. The Labute approximate surface area is 81.1 Å². The van der Waals surface area contributed by atoms with Gasteiger partial charge in [-0.15, -0.1) is 0 Å². The van der Waals surface area contributed by atoms with Crippen molar-refractivity contribution in [3.8, 4) is 0 Å². The molecule has 3 saturated carbocycles. The molecule has 0 unspecified atom stereocenters. The molecule has 3 aliphatic carbocycles. The summed E-state index contributed by atoms with van der Waals surface area (Å²) < 4.78 is 1.23. The molecule has 3 fully saturated rings. The summed E-state index contributed by atoms with van der Waals surface area (Å²) >= 11 is 3.53. The van der Waals surface area contributed by atoms with Crippen molar-refractivity contribution in [2.24, 2.45) is 5.92 Å². The standard InChI is InChI=1S/C11H11Br/c12-10-3-1-2-9(4-10)11-5-8(6-11)7-11/h1-4,8H,5-7H2. The molecule has 62 valence electrons. The average molecular weight is 223 g/mol. The van der Waals surface area contributed by atoms with Crippen LogP contribution in [0, 0.1) is 5.92 Å². The molecule has 3 aliphatic rings. The van der Waals surface area contributed by atoms with Gasteiger partial charge >= 0.3 is 0 Å². The number of hydrogen-bond donors (Lipinski definition) is 0. The highest BCUT2D eigenvalue weighted by Crippen LogP contribution is 2.65. The lowest BCUT2D eigenvalue weighted by Gasteiger charge is -2.62. The molecule has 0 atom stereocenters. The van der Waals surface area contributed by atoms with Crippen molar-refractivity contribution < 1.29 is 0 Å². The van der Waals surface area contributed by atoms with Crippen molar-refractivity contribution in [2.75, 3.05) is 0 Å². The summed E-state index contributed by atoms with van der Waals surface area (Å²) in [5, 5.41) is 0. The zero-order chi connectivity index (χ0) is 8.18. The molecule has 0 N–H and O–H groups in total. The zero-order valence-electron chi connectivity index (χ0n) is 6.89. The highest BCUT2D eigenvalue weighted by Gasteiger charge is 2.57. The van der Waals surface area contributed by atoms with Gasteiger partial charge in [0.2, 0.25) is 0 Å². The predicted molar refractivity (Wildman–Crippen MR) is 53.2 cm³/mol. The minimum absolute atomic E-state index is 0.619. The Balaban J connectivity index is 2.01. The Hall–Kier alpha value is -0.300. The van der Waals surface area contributed by atoms with Crippen LogP contribution >= 0.6 is 15.9 Å². The molecule has 0 heterocycles. The van der Waals surface area contributed by atoms with Crippen LogP contribution in [0.3, 0.4) is 0 Å². The lowest BCUT2D eigenvalue weighted by Crippen LogP contribution is -2.55. The molecular weight excluding hydrogens is 212 g/mol. The lowest BCUT2D eigenvalue weighted by atomic mass is 9.42. The maximum Gasteiger partial charge on any atom is 0.0178 e.